The van der Waals surface area contributed by atoms with Crippen molar-refractivity contribution in [2.45, 2.75) is 0 Å². The summed E-state index contributed by atoms with van der Waals surface area (Å²) in [6, 6.07) is 11.4. The number of nitrogen functional groups attached to an aromatic ring is 1. The maximum atomic E-state index is 11.9. The van der Waals surface area contributed by atoms with Gasteiger partial charge in [0.05, 0.1) is 5.52 Å². The van der Waals surface area contributed by atoms with Crippen LogP contribution in [-0.4, -0.2) is 20.9 Å². The van der Waals surface area contributed by atoms with Crippen molar-refractivity contribution in [2.75, 3.05) is 5.73 Å². The predicted octanol–water partition coefficient (Wildman–Crippen LogP) is 2.46. The van der Waals surface area contributed by atoms with Gasteiger partial charge in [0, 0.05) is 22.7 Å². The fourth-order valence-corrected chi connectivity index (χ4v) is 2.78. The largest absolute Gasteiger partial charge is 0.383 e. The molecule has 0 aliphatic carbocycles. The highest BCUT2D eigenvalue weighted by atomic mass is 16.1. The van der Waals surface area contributed by atoms with Crippen LogP contribution in [0.15, 0.2) is 48.9 Å². The van der Waals surface area contributed by atoms with E-state index < -0.39 is 5.91 Å². The molecule has 0 saturated carbocycles. The Labute approximate surface area is 131 Å². The molecule has 4 aromatic rings. The number of nitrogens with one attached hydrogen (secondary N) is 1. The molecule has 0 spiro atoms. The second-order valence-corrected chi connectivity index (χ2v) is 5.32. The van der Waals surface area contributed by atoms with Crippen LogP contribution in [0.4, 0.5) is 5.82 Å². The lowest BCUT2D eigenvalue weighted by Crippen LogP contribution is -2.13. The summed E-state index contributed by atoms with van der Waals surface area (Å²) in [6.45, 7) is 0. The maximum Gasteiger partial charge on any atom is 0.249 e. The molecule has 6 heteroatoms. The van der Waals surface area contributed by atoms with Gasteiger partial charge in [0.1, 0.15) is 12.1 Å². The Hall–Kier alpha value is -3.41. The summed E-state index contributed by atoms with van der Waals surface area (Å²) in [4.78, 5) is 23.2. The summed E-state index contributed by atoms with van der Waals surface area (Å²) < 4.78 is 0. The van der Waals surface area contributed by atoms with Gasteiger partial charge in [0.25, 0.3) is 0 Å². The zero-order chi connectivity index (χ0) is 16.0. The monoisotopic (exact) mass is 303 g/mol. The van der Waals surface area contributed by atoms with Crippen LogP contribution < -0.4 is 11.5 Å². The number of hydrogen-bond donors (Lipinski definition) is 3. The van der Waals surface area contributed by atoms with Crippen LogP contribution >= 0.6 is 0 Å². The van der Waals surface area contributed by atoms with E-state index in [0.29, 0.717) is 22.3 Å². The minimum absolute atomic E-state index is 0.323. The van der Waals surface area contributed by atoms with Crippen molar-refractivity contribution < 1.29 is 4.79 Å². The molecule has 0 aliphatic rings. The molecule has 0 saturated heterocycles. The van der Waals surface area contributed by atoms with Gasteiger partial charge in [-0.1, -0.05) is 12.1 Å². The van der Waals surface area contributed by atoms with E-state index >= 15 is 0 Å². The first-order valence-electron chi connectivity index (χ1n) is 7.05. The second kappa shape index (κ2) is 4.81. The number of nitrogens with zero attached hydrogens (tertiary/aromatic N) is 2. The average molecular weight is 303 g/mol. The SMILES string of the molecule is NC(=O)c1cc2c(N)ncnc2cc1-c1ccc2cc[nH]c2c1. The van der Waals surface area contributed by atoms with E-state index in [9.17, 15) is 4.79 Å². The van der Waals surface area contributed by atoms with E-state index in [4.69, 9.17) is 11.5 Å². The highest BCUT2D eigenvalue weighted by Crippen LogP contribution is 2.31. The number of aromatic amines is 1. The third-order valence-electron chi connectivity index (χ3n) is 3.94. The van der Waals surface area contributed by atoms with Crippen LogP contribution in [0.25, 0.3) is 32.9 Å². The fraction of sp³-hybridized carbons (Fsp3) is 0. The minimum atomic E-state index is -0.517. The van der Waals surface area contributed by atoms with Gasteiger partial charge >= 0.3 is 0 Å². The fourth-order valence-electron chi connectivity index (χ4n) is 2.78. The van der Waals surface area contributed by atoms with Crippen LogP contribution in [-0.2, 0) is 0 Å². The number of rotatable bonds is 2. The van der Waals surface area contributed by atoms with Gasteiger partial charge < -0.3 is 16.5 Å². The van der Waals surface area contributed by atoms with Gasteiger partial charge in [0.2, 0.25) is 5.91 Å². The first-order chi connectivity index (χ1) is 11.1. The maximum absolute atomic E-state index is 11.9. The number of aromatic nitrogens is 3. The van der Waals surface area contributed by atoms with E-state index in [1.807, 2.05) is 36.5 Å². The lowest BCUT2D eigenvalue weighted by atomic mass is 9.96. The molecule has 0 unspecified atom stereocenters. The van der Waals surface area contributed by atoms with E-state index in [1.54, 1.807) is 6.07 Å². The lowest BCUT2D eigenvalue weighted by molar-refractivity contribution is 0.100. The number of primary amides is 1. The number of benzene rings is 2. The Balaban J connectivity index is 2.04. The third kappa shape index (κ3) is 2.08. The van der Waals surface area contributed by atoms with Crippen molar-refractivity contribution in [3.8, 4) is 11.1 Å². The number of carbonyl (C=O) groups excluding carboxylic acids is 1. The molecular weight excluding hydrogens is 290 g/mol. The van der Waals surface area contributed by atoms with Gasteiger partial charge in [-0.25, -0.2) is 9.97 Å². The zero-order valence-electron chi connectivity index (χ0n) is 12.1. The molecule has 112 valence electrons. The van der Waals surface area contributed by atoms with E-state index in [-0.39, 0.29) is 0 Å². The lowest BCUT2D eigenvalue weighted by Gasteiger charge is -2.10. The minimum Gasteiger partial charge on any atom is -0.383 e. The van der Waals surface area contributed by atoms with Crippen LogP contribution in [0, 0.1) is 0 Å². The predicted molar refractivity (Wildman–Crippen MR) is 89.8 cm³/mol. The van der Waals surface area contributed by atoms with Crippen molar-refractivity contribution in [3.63, 3.8) is 0 Å². The topological polar surface area (TPSA) is 111 Å². The van der Waals surface area contributed by atoms with E-state index in [2.05, 4.69) is 15.0 Å². The molecule has 0 aliphatic heterocycles. The highest BCUT2D eigenvalue weighted by molar-refractivity contribution is 6.06. The van der Waals surface area contributed by atoms with Crippen molar-refractivity contribution in [3.05, 3.63) is 54.5 Å². The number of anilines is 1. The van der Waals surface area contributed by atoms with Crippen LogP contribution in [0.1, 0.15) is 10.4 Å². The molecule has 23 heavy (non-hydrogen) atoms. The number of H-pyrrole nitrogens is 1. The van der Waals surface area contributed by atoms with Crippen molar-refractivity contribution >= 4 is 33.5 Å². The molecular formula is C17H13N5O. The number of fused-ring (bicyclic) bond motifs is 2. The standard InChI is InChI=1S/C17H13N5O/c18-16-13-6-12(17(19)23)11(7-15(13)21-8-22-16)10-2-1-9-3-4-20-14(9)5-10/h1-8,20H,(H2,19,23)(H2,18,21,22). The van der Waals surface area contributed by atoms with Gasteiger partial charge in [-0.2, -0.15) is 0 Å². The van der Waals surface area contributed by atoms with Crippen molar-refractivity contribution in [2.24, 2.45) is 5.73 Å². The zero-order valence-corrected chi connectivity index (χ0v) is 12.1. The van der Waals surface area contributed by atoms with Gasteiger partial charge in [-0.3, -0.25) is 4.79 Å². The van der Waals surface area contributed by atoms with Crippen LogP contribution in [0.3, 0.4) is 0 Å². The molecule has 0 fully saturated rings. The number of nitrogens with two attached hydrogens (primary N) is 2. The second-order valence-electron chi connectivity index (χ2n) is 5.32. The van der Waals surface area contributed by atoms with Gasteiger partial charge in [-0.15, -0.1) is 0 Å². The Bertz CT molecular complexity index is 1070. The Morgan fingerprint density at radius 2 is 1.96 bits per heavy atom. The molecule has 2 aromatic heterocycles. The molecule has 1 amide bonds. The van der Waals surface area contributed by atoms with E-state index in [0.717, 1.165) is 22.0 Å². The Morgan fingerprint density at radius 1 is 1.09 bits per heavy atom. The van der Waals surface area contributed by atoms with Crippen LogP contribution in [0.2, 0.25) is 0 Å². The first kappa shape index (κ1) is 13.3. The molecule has 0 radical (unpaired) electrons. The first-order valence-corrected chi connectivity index (χ1v) is 7.05. The quantitative estimate of drug-likeness (QED) is 0.528. The molecule has 0 bridgehead atoms. The highest BCUT2D eigenvalue weighted by Gasteiger charge is 2.14. The van der Waals surface area contributed by atoms with Crippen LogP contribution in [0.5, 0.6) is 0 Å². The van der Waals surface area contributed by atoms with Gasteiger partial charge in [0.15, 0.2) is 0 Å². The molecule has 5 N–H and O–H groups in total. The average Bonchev–Trinajstić information content (AvgIpc) is 3.01. The smallest absolute Gasteiger partial charge is 0.249 e. The molecule has 0 atom stereocenters. The normalized spacial score (nSPS) is 11.1. The summed E-state index contributed by atoms with van der Waals surface area (Å²) >= 11 is 0. The molecule has 4 rings (SSSR count). The third-order valence-corrected chi connectivity index (χ3v) is 3.94. The summed E-state index contributed by atoms with van der Waals surface area (Å²) in [5.74, 6) is -0.194. The molecule has 6 nitrogen and oxygen atoms in total. The van der Waals surface area contributed by atoms with Gasteiger partial charge in [-0.05, 0) is 40.8 Å². The molecule has 2 aromatic carbocycles. The summed E-state index contributed by atoms with van der Waals surface area (Å²) in [5.41, 5.74) is 15.1. The summed E-state index contributed by atoms with van der Waals surface area (Å²) in [7, 11) is 0. The summed E-state index contributed by atoms with van der Waals surface area (Å²) in [6.07, 6.45) is 3.28. The number of hydrogen-bond acceptors (Lipinski definition) is 4. The molecule has 2 heterocycles. The Kier molecular flexibility index (Phi) is 2.77. The summed E-state index contributed by atoms with van der Waals surface area (Å²) in [5, 5.41) is 1.72. The number of carbonyl (C=O) groups is 1. The van der Waals surface area contributed by atoms with E-state index in [1.165, 1.54) is 6.33 Å². The van der Waals surface area contributed by atoms with Crippen molar-refractivity contribution in [1.82, 2.24) is 15.0 Å². The Morgan fingerprint density at radius 3 is 2.78 bits per heavy atom. The van der Waals surface area contributed by atoms with Crippen molar-refractivity contribution in [1.29, 1.82) is 0 Å². The number of amides is 1.